The molecule has 2 N–H and O–H groups in total. The van der Waals surface area contributed by atoms with Crippen LogP contribution < -0.4 is 18.9 Å². The van der Waals surface area contributed by atoms with Crippen LogP contribution in [0, 0.1) is 0 Å². The first kappa shape index (κ1) is 34.9. The van der Waals surface area contributed by atoms with E-state index in [4.69, 9.17) is 23.7 Å². The Labute approximate surface area is 296 Å². The zero-order chi connectivity index (χ0) is 36.1. The predicted molar refractivity (Wildman–Crippen MR) is 198 cm³/mol. The van der Waals surface area contributed by atoms with Crippen molar-refractivity contribution in [1.82, 2.24) is 19.8 Å². The van der Waals surface area contributed by atoms with Crippen LogP contribution in [0.25, 0.3) is 44.1 Å². The normalized spacial score (nSPS) is 12.6. The second kappa shape index (κ2) is 15.3. The number of hydrogen-bond acceptors (Lipinski definition) is 7. The van der Waals surface area contributed by atoms with Gasteiger partial charge in [-0.15, -0.1) is 0 Å². The number of aromatic nitrogens is 2. The molecule has 0 bridgehead atoms. The molecular formula is C40H42N4O7. The fraction of sp³-hybridized carbons (Fsp3) is 0.250. The van der Waals surface area contributed by atoms with Crippen molar-refractivity contribution in [1.29, 1.82) is 0 Å². The molecule has 11 heteroatoms. The molecule has 3 heterocycles. The van der Waals surface area contributed by atoms with E-state index in [0.717, 1.165) is 44.1 Å². The number of rotatable bonds is 8. The average molecular weight is 691 g/mol. The number of aromatic amines is 2. The zero-order valence-electron chi connectivity index (χ0n) is 29.7. The molecule has 0 spiro atoms. The predicted octanol–water partition coefficient (Wildman–Crippen LogP) is 6.88. The topological polar surface area (TPSA) is 118 Å². The van der Waals surface area contributed by atoms with Gasteiger partial charge >= 0.3 is 0 Å². The minimum Gasteiger partial charge on any atom is -0.493 e. The van der Waals surface area contributed by atoms with Crippen molar-refractivity contribution >= 4 is 33.6 Å². The lowest BCUT2D eigenvalue weighted by molar-refractivity contribution is 0.0300. The molecule has 0 saturated carbocycles. The number of ether oxygens (including phenoxy) is 5. The number of nitrogens with one attached hydrogen (secondary N) is 2. The Morgan fingerprint density at radius 1 is 0.627 bits per heavy atom. The van der Waals surface area contributed by atoms with Gasteiger partial charge in [0, 0.05) is 61.2 Å². The quantitative estimate of drug-likeness (QED) is 0.179. The van der Waals surface area contributed by atoms with Crippen molar-refractivity contribution in [2.24, 2.45) is 0 Å². The van der Waals surface area contributed by atoms with Crippen molar-refractivity contribution in [3.05, 3.63) is 96.3 Å². The van der Waals surface area contributed by atoms with Gasteiger partial charge in [0.15, 0.2) is 23.0 Å². The highest BCUT2D eigenvalue weighted by molar-refractivity contribution is 6.11. The van der Waals surface area contributed by atoms with Crippen molar-refractivity contribution in [3.8, 4) is 45.3 Å². The van der Waals surface area contributed by atoms with E-state index in [1.807, 2.05) is 89.8 Å². The summed E-state index contributed by atoms with van der Waals surface area (Å²) in [5, 5.41) is 1.85. The summed E-state index contributed by atoms with van der Waals surface area (Å²) in [6.45, 7) is 2.31. The Bertz CT molecular complexity index is 2150. The maximum Gasteiger partial charge on any atom is 0.271 e. The van der Waals surface area contributed by atoms with Crippen LogP contribution in [-0.2, 0) is 4.74 Å². The third kappa shape index (κ3) is 6.93. The van der Waals surface area contributed by atoms with Gasteiger partial charge in [-0.05, 0) is 23.3 Å². The van der Waals surface area contributed by atoms with Crippen LogP contribution in [0.3, 0.4) is 0 Å². The Morgan fingerprint density at radius 2 is 1.04 bits per heavy atom. The first-order valence-corrected chi connectivity index (χ1v) is 16.5. The first-order valence-electron chi connectivity index (χ1n) is 16.5. The molecule has 0 unspecified atom stereocenters. The molecule has 2 amide bonds. The molecule has 264 valence electrons. The Balaban J connectivity index is 0.000000177. The number of methoxy groups -OCH3 is 4. The summed E-state index contributed by atoms with van der Waals surface area (Å²) < 4.78 is 27.1. The molecule has 6 aromatic rings. The van der Waals surface area contributed by atoms with Gasteiger partial charge in [0.1, 0.15) is 11.4 Å². The minimum atomic E-state index is -0.0806. The second-order valence-electron chi connectivity index (χ2n) is 12.1. The van der Waals surface area contributed by atoms with Crippen LogP contribution in [0.15, 0.2) is 84.9 Å². The van der Waals surface area contributed by atoms with Crippen LogP contribution in [0.2, 0.25) is 0 Å². The molecule has 2 aromatic heterocycles. The molecule has 1 saturated heterocycles. The zero-order valence-corrected chi connectivity index (χ0v) is 29.7. The lowest BCUT2D eigenvalue weighted by Gasteiger charge is -2.26. The Kier molecular flexibility index (Phi) is 10.5. The van der Waals surface area contributed by atoms with Gasteiger partial charge in [0.25, 0.3) is 11.8 Å². The summed E-state index contributed by atoms with van der Waals surface area (Å²) in [6, 6.07) is 27.3. The third-order valence-corrected chi connectivity index (χ3v) is 8.86. The van der Waals surface area contributed by atoms with Gasteiger partial charge in [-0.2, -0.15) is 0 Å². The first-order chi connectivity index (χ1) is 24.8. The fourth-order valence-corrected chi connectivity index (χ4v) is 6.32. The molecule has 1 fully saturated rings. The van der Waals surface area contributed by atoms with E-state index in [9.17, 15) is 9.59 Å². The van der Waals surface area contributed by atoms with Crippen molar-refractivity contribution in [2.75, 3.05) is 68.8 Å². The van der Waals surface area contributed by atoms with Gasteiger partial charge in [-0.3, -0.25) is 9.59 Å². The number of nitrogens with zero attached hydrogens (tertiary/aromatic N) is 2. The molecule has 0 aliphatic carbocycles. The number of carbonyl (C=O) groups excluding carboxylic acids is 2. The Hall–Kier alpha value is -5.94. The maximum absolute atomic E-state index is 13.2. The van der Waals surface area contributed by atoms with Crippen molar-refractivity contribution in [2.45, 2.75) is 0 Å². The molecule has 1 aliphatic rings. The highest BCUT2D eigenvalue weighted by atomic mass is 16.5. The van der Waals surface area contributed by atoms with E-state index in [0.29, 0.717) is 60.7 Å². The summed E-state index contributed by atoms with van der Waals surface area (Å²) in [6.07, 6.45) is 0. The standard InChI is InChI=1S/C21H22N2O4.C19H20N2O3/c1-25-17-12-15-16(13-18(17)26-2)22-20(19(15)14-6-4-3-5-7-14)21(24)23-8-10-27-11-9-23;1-21(2)19(22)18-17(12-8-6-5-7-9-12)13-10-15(23-3)16(24-4)11-14(13)20-18/h3-7,12-13,22H,8-11H2,1-2H3;5-11,20H,1-4H3. The molecule has 4 aromatic carbocycles. The summed E-state index contributed by atoms with van der Waals surface area (Å²) >= 11 is 0. The molecule has 51 heavy (non-hydrogen) atoms. The number of benzene rings is 4. The van der Waals surface area contributed by atoms with E-state index >= 15 is 0 Å². The average Bonchev–Trinajstić information content (AvgIpc) is 3.75. The summed E-state index contributed by atoms with van der Waals surface area (Å²) in [5.74, 6) is 2.40. The number of fused-ring (bicyclic) bond motifs is 2. The summed E-state index contributed by atoms with van der Waals surface area (Å²) in [5.41, 5.74) is 6.49. The van der Waals surface area contributed by atoms with Crippen LogP contribution in [-0.4, -0.2) is 100 Å². The van der Waals surface area contributed by atoms with Gasteiger partial charge < -0.3 is 43.5 Å². The molecule has 11 nitrogen and oxygen atoms in total. The summed E-state index contributed by atoms with van der Waals surface area (Å²) in [7, 11) is 9.89. The lowest BCUT2D eigenvalue weighted by atomic mass is 10.0. The second-order valence-corrected chi connectivity index (χ2v) is 12.1. The van der Waals surface area contributed by atoms with E-state index in [2.05, 4.69) is 9.97 Å². The number of amides is 2. The van der Waals surface area contributed by atoms with Crippen LogP contribution in [0.1, 0.15) is 21.0 Å². The van der Waals surface area contributed by atoms with E-state index < -0.39 is 0 Å². The van der Waals surface area contributed by atoms with Gasteiger partial charge in [0.05, 0.1) is 52.7 Å². The maximum atomic E-state index is 13.2. The van der Waals surface area contributed by atoms with Gasteiger partial charge in [0.2, 0.25) is 0 Å². The van der Waals surface area contributed by atoms with Crippen molar-refractivity contribution < 1.29 is 33.3 Å². The largest absolute Gasteiger partial charge is 0.493 e. The molecule has 0 atom stereocenters. The third-order valence-electron chi connectivity index (χ3n) is 8.86. The number of H-pyrrole nitrogens is 2. The van der Waals surface area contributed by atoms with Crippen molar-refractivity contribution in [3.63, 3.8) is 0 Å². The Morgan fingerprint density at radius 3 is 1.47 bits per heavy atom. The minimum absolute atomic E-state index is 0.0220. The molecule has 7 rings (SSSR count). The monoisotopic (exact) mass is 690 g/mol. The summed E-state index contributed by atoms with van der Waals surface area (Å²) in [4.78, 5) is 35.8. The van der Waals surface area contributed by atoms with Gasteiger partial charge in [-0.1, -0.05) is 60.7 Å². The van der Waals surface area contributed by atoms with Crippen LogP contribution >= 0.6 is 0 Å². The molecular weight excluding hydrogens is 648 g/mol. The van der Waals surface area contributed by atoms with Crippen LogP contribution in [0.5, 0.6) is 23.0 Å². The number of hydrogen-bond donors (Lipinski definition) is 2. The van der Waals surface area contributed by atoms with E-state index in [-0.39, 0.29) is 11.8 Å². The fourth-order valence-electron chi connectivity index (χ4n) is 6.32. The number of morpholine rings is 1. The molecule has 0 radical (unpaired) electrons. The highest BCUT2D eigenvalue weighted by Gasteiger charge is 2.26. The van der Waals surface area contributed by atoms with E-state index in [1.54, 1.807) is 47.4 Å². The van der Waals surface area contributed by atoms with Gasteiger partial charge in [-0.25, -0.2) is 0 Å². The lowest BCUT2D eigenvalue weighted by Crippen LogP contribution is -2.41. The smallest absolute Gasteiger partial charge is 0.271 e. The van der Waals surface area contributed by atoms with E-state index in [1.165, 1.54) is 0 Å². The SMILES string of the molecule is COc1cc2[nH]c(C(=O)N(C)C)c(-c3ccccc3)c2cc1OC.COc1cc2[nH]c(C(=O)N3CCOCC3)c(-c3ccccc3)c2cc1OC. The molecule has 1 aliphatic heterocycles. The van der Waals surface area contributed by atoms with Crippen LogP contribution in [0.4, 0.5) is 0 Å². The number of carbonyl (C=O) groups is 2. The highest BCUT2D eigenvalue weighted by Crippen LogP contribution is 2.41.